The molecule has 1 N–H and O–H groups in total. The molecule has 1 amide bonds. The molecule has 0 aromatic heterocycles. The predicted octanol–water partition coefficient (Wildman–Crippen LogP) is 3.04. The number of halogens is 1. The maximum absolute atomic E-state index is 11.7. The van der Waals surface area contributed by atoms with Gasteiger partial charge in [-0.1, -0.05) is 15.9 Å². The molecule has 1 rings (SSSR count). The first-order valence-electron chi connectivity index (χ1n) is 5.06. The number of carbonyl (C=O) groups is 1. The minimum atomic E-state index is -0.442. The summed E-state index contributed by atoms with van der Waals surface area (Å²) in [5.41, 5.74) is 2.92. The number of benzene rings is 1. The lowest BCUT2D eigenvalue weighted by atomic mass is 10.1. The minimum Gasteiger partial charge on any atom is -0.372 e. The Hall–Kier alpha value is -0.870. The number of carbonyl (C=O) groups excluding carboxylic acids is 1. The van der Waals surface area contributed by atoms with Crippen LogP contribution in [0.4, 0.5) is 5.69 Å². The summed E-state index contributed by atoms with van der Waals surface area (Å²) in [7, 11) is 1.52. The standard InChI is InChI=1S/C12H16BrNO2/c1-7-5-10(13)6-8(2)11(7)14-12(15)9(3)16-4/h5-6,9H,1-4H3,(H,14,15). The van der Waals surface area contributed by atoms with Gasteiger partial charge in [0.1, 0.15) is 6.10 Å². The van der Waals surface area contributed by atoms with Crippen molar-refractivity contribution in [2.75, 3.05) is 12.4 Å². The second-order valence-electron chi connectivity index (χ2n) is 3.78. The van der Waals surface area contributed by atoms with E-state index in [4.69, 9.17) is 4.74 Å². The number of methoxy groups -OCH3 is 1. The summed E-state index contributed by atoms with van der Waals surface area (Å²) >= 11 is 3.42. The molecule has 88 valence electrons. The van der Waals surface area contributed by atoms with Crippen molar-refractivity contribution in [2.45, 2.75) is 26.9 Å². The van der Waals surface area contributed by atoms with Crippen LogP contribution in [-0.4, -0.2) is 19.1 Å². The first-order valence-corrected chi connectivity index (χ1v) is 5.85. The molecule has 0 aliphatic heterocycles. The van der Waals surface area contributed by atoms with Crippen molar-refractivity contribution in [3.05, 3.63) is 27.7 Å². The third-order valence-electron chi connectivity index (χ3n) is 2.47. The molecule has 0 saturated heterocycles. The third kappa shape index (κ3) is 3.06. The number of anilines is 1. The average Bonchev–Trinajstić information content (AvgIpc) is 2.21. The van der Waals surface area contributed by atoms with Crippen LogP contribution in [0.3, 0.4) is 0 Å². The van der Waals surface area contributed by atoms with Gasteiger partial charge < -0.3 is 10.1 Å². The quantitative estimate of drug-likeness (QED) is 0.927. The SMILES string of the molecule is COC(C)C(=O)Nc1c(C)cc(Br)cc1C. The van der Waals surface area contributed by atoms with Gasteiger partial charge in [0.15, 0.2) is 0 Å². The molecule has 3 nitrogen and oxygen atoms in total. The first kappa shape index (κ1) is 13.2. The lowest BCUT2D eigenvalue weighted by Crippen LogP contribution is -2.27. The molecule has 0 radical (unpaired) electrons. The summed E-state index contributed by atoms with van der Waals surface area (Å²) in [6.45, 7) is 5.65. The van der Waals surface area contributed by atoms with E-state index in [1.54, 1.807) is 6.92 Å². The molecular weight excluding hydrogens is 270 g/mol. The maximum Gasteiger partial charge on any atom is 0.253 e. The van der Waals surface area contributed by atoms with Crippen molar-refractivity contribution in [1.82, 2.24) is 0 Å². The van der Waals surface area contributed by atoms with Gasteiger partial charge in [0.2, 0.25) is 0 Å². The number of nitrogens with one attached hydrogen (secondary N) is 1. The van der Waals surface area contributed by atoms with E-state index < -0.39 is 6.10 Å². The third-order valence-corrected chi connectivity index (χ3v) is 2.93. The molecule has 1 aromatic rings. The van der Waals surface area contributed by atoms with Crippen molar-refractivity contribution in [2.24, 2.45) is 0 Å². The summed E-state index contributed by atoms with van der Waals surface area (Å²) in [5.74, 6) is -0.129. The molecule has 0 bridgehead atoms. The molecule has 0 heterocycles. The van der Waals surface area contributed by atoms with Gasteiger partial charge in [-0.2, -0.15) is 0 Å². The van der Waals surface area contributed by atoms with E-state index >= 15 is 0 Å². The summed E-state index contributed by atoms with van der Waals surface area (Å²) < 4.78 is 5.98. The van der Waals surface area contributed by atoms with E-state index in [0.29, 0.717) is 0 Å². The van der Waals surface area contributed by atoms with Gasteiger partial charge in [-0.05, 0) is 44.0 Å². The molecule has 0 aliphatic carbocycles. The number of ether oxygens (including phenoxy) is 1. The number of aryl methyl sites for hydroxylation is 2. The van der Waals surface area contributed by atoms with Gasteiger partial charge in [0, 0.05) is 17.3 Å². The molecule has 16 heavy (non-hydrogen) atoms. The highest BCUT2D eigenvalue weighted by Crippen LogP contribution is 2.25. The van der Waals surface area contributed by atoms with E-state index in [1.165, 1.54) is 7.11 Å². The van der Waals surface area contributed by atoms with E-state index in [0.717, 1.165) is 21.3 Å². The van der Waals surface area contributed by atoms with Crippen LogP contribution in [0, 0.1) is 13.8 Å². The predicted molar refractivity (Wildman–Crippen MR) is 68.7 cm³/mol. The van der Waals surface area contributed by atoms with E-state index in [9.17, 15) is 4.79 Å². The lowest BCUT2D eigenvalue weighted by Gasteiger charge is -2.15. The second kappa shape index (κ2) is 5.46. The van der Waals surface area contributed by atoms with Crippen LogP contribution in [0.25, 0.3) is 0 Å². The van der Waals surface area contributed by atoms with Crippen LogP contribution in [0.2, 0.25) is 0 Å². The van der Waals surface area contributed by atoms with Gasteiger partial charge >= 0.3 is 0 Å². The Kier molecular flexibility index (Phi) is 4.50. The van der Waals surface area contributed by atoms with Crippen molar-refractivity contribution < 1.29 is 9.53 Å². The molecule has 4 heteroatoms. The van der Waals surface area contributed by atoms with E-state index in [1.807, 2.05) is 26.0 Å². The van der Waals surface area contributed by atoms with Crippen LogP contribution >= 0.6 is 15.9 Å². The smallest absolute Gasteiger partial charge is 0.253 e. The highest BCUT2D eigenvalue weighted by atomic mass is 79.9. The average molecular weight is 286 g/mol. The van der Waals surface area contributed by atoms with Crippen molar-refractivity contribution in [1.29, 1.82) is 0 Å². The molecule has 0 aliphatic rings. The Morgan fingerprint density at radius 3 is 2.31 bits per heavy atom. The molecule has 0 spiro atoms. The molecule has 1 atom stereocenters. The summed E-state index contributed by atoms with van der Waals surface area (Å²) in [6.07, 6.45) is -0.442. The fourth-order valence-corrected chi connectivity index (χ4v) is 2.13. The summed E-state index contributed by atoms with van der Waals surface area (Å²) in [5, 5.41) is 2.87. The fraction of sp³-hybridized carbons (Fsp3) is 0.417. The first-order chi connectivity index (χ1) is 7.45. The highest BCUT2D eigenvalue weighted by molar-refractivity contribution is 9.10. The molecule has 0 saturated carbocycles. The van der Waals surface area contributed by atoms with Crippen LogP contribution < -0.4 is 5.32 Å². The van der Waals surface area contributed by atoms with Crippen LogP contribution in [-0.2, 0) is 9.53 Å². The molecule has 0 fully saturated rings. The van der Waals surface area contributed by atoms with Crippen LogP contribution in [0.15, 0.2) is 16.6 Å². The zero-order chi connectivity index (χ0) is 12.3. The fourth-order valence-electron chi connectivity index (χ4n) is 1.44. The number of hydrogen-bond acceptors (Lipinski definition) is 2. The number of amides is 1. The summed E-state index contributed by atoms with van der Waals surface area (Å²) in [4.78, 5) is 11.7. The van der Waals surface area contributed by atoms with Gasteiger partial charge in [0.25, 0.3) is 5.91 Å². The Morgan fingerprint density at radius 1 is 1.38 bits per heavy atom. The Balaban J connectivity index is 2.93. The number of rotatable bonds is 3. The van der Waals surface area contributed by atoms with Crippen molar-refractivity contribution in [3.8, 4) is 0 Å². The molecular formula is C12H16BrNO2. The Morgan fingerprint density at radius 2 is 1.88 bits per heavy atom. The van der Waals surface area contributed by atoms with Crippen molar-refractivity contribution in [3.63, 3.8) is 0 Å². The molecule has 1 unspecified atom stereocenters. The Labute approximate surface area is 104 Å². The largest absolute Gasteiger partial charge is 0.372 e. The maximum atomic E-state index is 11.7. The van der Waals surface area contributed by atoms with Gasteiger partial charge in [0.05, 0.1) is 0 Å². The number of hydrogen-bond donors (Lipinski definition) is 1. The zero-order valence-electron chi connectivity index (χ0n) is 9.93. The van der Waals surface area contributed by atoms with Crippen molar-refractivity contribution >= 4 is 27.5 Å². The van der Waals surface area contributed by atoms with Crippen LogP contribution in [0.5, 0.6) is 0 Å². The second-order valence-corrected chi connectivity index (χ2v) is 4.70. The van der Waals surface area contributed by atoms with Crippen LogP contribution in [0.1, 0.15) is 18.1 Å². The molecule has 1 aromatic carbocycles. The summed E-state index contributed by atoms with van der Waals surface area (Å²) in [6, 6.07) is 3.94. The Bertz CT molecular complexity index is 381. The minimum absolute atomic E-state index is 0.129. The van der Waals surface area contributed by atoms with E-state index in [-0.39, 0.29) is 5.91 Å². The van der Waals surface area contributed by atoms with Gasteiger partial charge in [-0.15, -0.1) is 0 Å². The lowest BCUT2D eigenvalue weighted by molar-refractivity contribution is -0.124. The monoisotopic (exact) mass is 285 g/mol. The van der Waals surface area contributed by atoms with E-state index in [2.05, 4.69) is 21.2 Å². The normalized spacial score (nSPS) is 12.3. The van der Waals surface area contributed by atoms with Gasteiger partial charge in [-0.3, -0.25) is 4.79 Å². The zero-order valence-corrected chi connectivity index (χ0v) is 11.5. The highest BCUT2D eigenvalue weighted by Gasteiger charge is 2.14. The van der Waals surface area contributed by atoms with Gasteiger partial charge in [-0.25, -0.2) is 0 Å². The topological polar surface area (TPSA) is 38.3 Å².